The number of carbonyl (C=O) groups is 1. The quantitative estimate of drug-likeness (QED) is 0.344. The number of hydrogen-bond acceptors (Lipinski definition) is 4. The van der Waals surface area contributed by atoms with E-state index in [1.807, 2.05) is 57.3 Å². The molecule has 38 heavy (non-hydrogen) atoms. The predicted molar refractivity (Wildman–Crippen MR) is 152 cm³/mol. The van der Waals surface area contributed by atoms with Crippen molar-refractivity contribution in [2.24, 2.45) is 5.92 Å². The maximum Gasteiger partial charge on any atom is 0.410 e. The van der Waals surface area contributed by atoms with Gasteiger partial charge >= 0.3 is 6.09 Å². The third kappa shape index (κ3) is 5.96. The minimum atomic E-state index is -0.491. The number of nitrogens with zero attached hydrogens (tertiary/aromatic N) is 4. The van der Waals surface area contributed by atoms with Crippen LogP contribution in [0.3, 0.4) is 0 Å². The first-order valence-corrected chi connectivity index (χ1v) is 14.0. The summed E-state index contributed by atoms with van der Waals surface area (Å²) < 4.78 is 7.79. The molecule has 6 nitrogen and oxygen atoms in total. The van der Waals surface area contributed by atoms with Crippen molar-refractivity contribution in [2.75, 3.05) is 13.1 Å². The number of imidazole rings is 1. The molecule has 0 bridgehead atoms. The van der Waals surface area contributed by atoms with Crippen LogP contribution in [0.15, 0.2) is 49.1 Å². The Kier molecular flexibility index (Phi) is 7.62. The van der Waals surface area contributed by atoms with Crippen LogP contribution < -0.4 is 0 Å². The Bertz CT molecular complexity index is 1330. The summed E-state index contributed by atoms with van der Waals surface area (Å²) in [6.07, 6.45) is 11.7. The van der Waals surface area contributed by atoms with Crippen LogP contribution in [-0.2, 0) is 11.3 Å². The Morgan fingerprint density at radius 2 is 1.95 bits per heavy atom. The fraction of sp³-hybridized carbons (Fsp3) is 0.452. The topological polar surface area (TPSA) is 60.2 Å². The van der Waals surface area contributed by atoms with E-state index in [9.17, 15) is 4.79 Å². The highest BCUT2D eigenvalue weighted by molar-refractivity contribution is 6.30. The number of fused-ring (bicyclic) bond motifs is 2. The Hall–Kier alpha value is -3.12. The molecular formula is C31H37ClN4O2. The van der Waals surface area contributed by atoms with Crippen LogP contribution in [0.25, 0.3) is 11.6 Å². The van der Waals surface area contributed by atoms with Crippen molar-refractivity contribution in [3.63, 3.8) is 0 Å². The number of carbonyl (C=O) groups excluding carboxylic acids is 1. The van der Waals surface area contributed by atoms with Gasteiger partial charge in [0.15, 0.2) is 0 Å². The SMILES string of the molecule is Cc1cn(CCCC2=Cc3cccnc3C(C3CCN(C(=O)OC(C)(C)C)CC3)c3ccc(Cl)cc32)cn1. The smallest absolute Gasteiger partial charge is 0.410 e. The van der Waals surface area contributed by atoms with E-state index in [0.29, 0.717) is 19.0 Å². The Balaban J connectivity index is 1.42. The molecule has 3 heterocycles. The fourth-order valence-corrected chi connectivity index (χ4v) is 5.95. The van der Waals surface area contributed by atoms with E-state index in [4.69, 9.17) is 21.3 Å². The molecule has 7 heteroatoms. The van der Waals surface area contributed by atoms with E-state index in [0.717, 1.165) is 48.6 Å². The van der Waals surface area contributed by atoms with Gasteiger partial charge in [-0.2, -0.15) is 0 Å². The van der Waals surface area contributed by atoms with Gasteiger partial charge in [-0.1, -0.05) is 23.7 Å². The van der Waals surface area contributed by atoms with E-state index in [1.54, 1.807) is 0 Å². The molecule has 0 N–H and O–H groups in total. The van der Waals surface area contributed by atoms with Gasteiger partial charge in [0.25, 0.3) is 0 Å². The molecule has 5 rings (SSSR count). The van der Waals surface area contributed by atoms with Crippen LogP contribution >= 0.6 is 11.6 Å². The summed E-state index contributed by atoms with van der Waals surface area (Å²) in [6, 6.07) is 10.5. The van der Waals surface area contributed by atoms with Gasteiger partial charge in [0.2, 0.25) is 0 Å². The second kappa shape index (κ2) is 10.9. The number of amides is 1. The maximum atomic E-state index is 12.7. The summed E-state index contributed by atoms with van der Waals surface area (Å²) in [7, 11) is 0. The number of likely N-dealkylation sites (tertiary alicyclic amines) is 1. The summed E-state index contributed by atoms with van der Waals surface area (Å²) in [5.41, 5.74) is 6.64. The standard InChI is InChI=1S/C31H37ClN4O2/c1-21-19-35(20-34-21)14-6-8-23-17-24-7-5-13-33-29(24)28(26-10-9-25(32)18-27(23)26)22-11-15-36(16-12-22)30(37)38-31(2,3)4/h5,7,9-10,13,17-20,22,28H,6,8,11-12,14-16H2,1-4H3. The third-order valence-electron chi connectivity index (χ3n) is 7.48. The third-order valence-corrected chi connectivity index (χ3v) is 7.71. The van der Waals surface area contributed by atoms with Gasteiger partial charge in [-0.3, -0.25) is 4.98 Å². The van der Waals surface area contributed by atoms with E-state index in [1.165, 1.54) is 22.3 Å². The van der Waals surface area contributed by atoms with E-state index < -0.39 is 5.60 Å². The Labute approximate surface area is 230 Å². The fourth-order valence-electron chi connectivity index (χ4n) is 5.77. The summed E-state index contributed by atoms with van der Waals surface area (Å²) in [5, 5.41) is 0.747. The molecule has 1 aromatic carbocycles. The summed E-state index contributed by atoms with van der Waals surface area (Å²) in [6.45, 7) is 10.0. The van der Waals surface area contributed by atoms with Crippen molar-refractivity contribution in [3.8, 4) is 0 Å². The molecule has 1 fully saturated rings. The van der Waals surface area contributed by atoms with Crippen LogP contribution in [0.2, 0.25) is 5.02 Å². The van der Waals surface area contributed by atoms with Crippen LogP contribution in [-0.4, -0.2) is 44.2 Å². The van der Waals surface area contributed by atoms with Crippen molar-refractivity contribution in [3.05, 3.63) is 82.2 Å². The van der Waals surface area contributed by atoms with Gasteiger partial charge in [-0.15, -0.1) is 0 Å². The van der Waals surface area contributed by atoms with Crippen molar-refractivity contribution in [2.45, 2.75) is 71.4 Å². The van der Waals surface area contributed by atoms with Crippen molar-refractivity contribution in [1.82, 2.24) is 19.4 Å². The highest BCUT2D eigenvalue weighted by Gasteiger charge is 2.36. The van der Waals surface area contributed by atoms with Crippen LogP contribution in [0.4, 0.5) is 4.79 Å². The first-order valence-electron chi connectivity index (χ1n) is 13.6. The van der Waals surface area contributed by atoms with Crippen molar-refractivity contribution < 1.29 is 9.53 Å². The molecule has 0 saturated carbocycles. The zero-order valence-corrected chi connectivity index (χ0v) is 23.5. The monoisotopic (exact) mass is 532 g/mol. The second-order valence-electron chi connectivity index (χ2n) is 11.5. The van der Waals surface area contributed by atoms with Gasteiger partial charge < -0.3 is 14.2 Å². The number of halogens is 1. The van der Waals surface area contributed by atoms with Gasteiger partial charge in [-0.25, -0.2) is 9.78 Å². The molecule has 1 aliphatic heterocycles. The predicted octanol–water partition coefficient (Wildman–Crippen LogP) is 7.35. The number of aromatic nitrogens is 3. The van der Waals surface area contributed by atoms with Crippen LogP contribution in [0.1, 0.15) is 80.5 Å². The number of ether oxygens (including phenoxy) is 1. The Morgan fingerprint density at radius 1 is 1.16 bits per heavy atom. The highest BCUT2D eigenvalue weighted by atomic mass is 35.5. The average molecular weight is 533 g/mol. The first kappa shape index (κ1) is 26.5. The number of benzene rings is 1. The minimum absolute atomic E-state index is 0.143. The number of aryl methyl sites for hydroxylation is 2. The molecule has 2 aliphatic rings. The Morgan fingerprint density at radius 3 is 2.66 bits per heavy atom. The lowest BCUT2D eigenvalue weighted by Gasteiger charge is -2.37. The average Bonchev–Trinajstić information content (AvgIpc) is 3.23. The van der Waals surface area contributed by atoms with E-state index in [-0.39, 0.29) is 12.0 Å². The van der Waals surface area contributed by atoms with Crippen LogP contribution in [0.5, 0.6) is 0 Å². The molecule has 1 unspecified atom stereocenters. The molecule has 1 aliphatic carbocycles. The minimum Gasteiger partial charge on any atom is -0.444 e. The number of allylic oxidation sites excluding steroid dienone is 1. The molecule has 1 atom stereocenters. The summed E-state index contributed by atoms with van der Waals surface area (Å²) in [4.78, 5) is 23.8. The lowest BCUT2D eigenvalue weighted by Crippen LogP contribution is -2.42. The molecule has 1 saturated heterocycles. The second-order valence-corrected chi connectivity index (χ2v) is 12.0. The number of rotatable bonds is 5. The molecule has 3 aromatic rings. The zero-order valence-electron chi connectivity index (χ0n) is 22.8. The van der Waals surface area contributed by atoms with Gasteiger partial charge in [-0.05, 0) is 106 Å². The highest BCUT2D eigenvalue weighted by Crippen LogP contribution is 2.45. The molecule has 0 spiro atoms. The summed E-state index contributed by atoms with van der Waals surface area (Å²) >= 11 is 6.57. The lowest BCUT2D eigenvalue weighted by atomic mass is 9.76. The zero-order chi connectivity index (χ0) is 26.9. The molecule has 200 valence electrons. The molecule has 1 amide bonds. The number of piperidine rings is 1. The van der Waals surface area contributed by atoms with Crippen molar-refractivity contribution in [1.29, 1.82) is 0 Å². The number of pyridine rings is 1. The largest absolute Gasteiger partial charge is 0.444 e. The van der Waals surface area contributed by atoms with Gasteiger partial charge in [0, 0.05) is 43.0 Å². The van der Waals surface area contributed by atoms with Crippen LogP contribution in [0, 0.1) is 12.8 Å². The summed E-state index contributed by atoms with van der Waals surface area (Å²) in [5.74, 6) is 0.508. The van der Waals surface area contributed by atoms with Crippen molar-refractivity contribution >= 4 is 29.3 Å². The molecule has 0 radical (unpaired) electrons. The maximum absolute atomic E-state index is 12.7. The molecule has 2 aromatic heterocycles. The normalized spacial score (nSPS) is 17.9. The number of hydrogen-bond donors (Lipinski definition) is 0. The van der Waals surface area contributed by atoms with Gasteiger partial charge in [0.05, 0.1) is 17.7 Å². The lowest BCUT2D eigenvalue weighted by molar-refractivity contribution is 0.0178. The van der Waals surface area contributed by atoms with E-state index >= 15 is 0 Å². The first-order chi connectivity index (χ1) is 18.2. The van der Waals surface area contributed by atoms with Gasteiger partial charge in [0.1, 0.15) is 5.60 Å². The van der Waals surface area contributed by atoms with E-state index in [2.05, 4.69) is 40.0 Å². The molecular weight excluding hydrogens is 496 g/mol.